The normalized spacial score (nSPS) is 13.6. The number of para-hydroxylation sites is 1. The molecule has 0 spiro atoms. The highest BCUT2D eigenvalue weighted by molar-refractivity contribution is 7.92. The number of rotatable bonds is 10. The zero-order valence-corrected chi connectivity index (χ0v) is 20.1. The van der Waals surface area contributed by atoms with E-state index in [4.69, 9.17) is 22.3 Å². The Balaban J connectivity index is 2.36. The van der Waals surface area contributed by atoms with Crippen molar-refractivity contribution in [3.63, 3.8) is 0 Å². The van der Waals surface area contributed by atoms with E-state index in [1.165, 1.54) is 24.3 Å². The van der Waals surface area contributed by atoms with Gasteiger partial charge in [0.05, 0.1) is 16.8 Å². The Morgan fingerprint density at radius 3 is 2.31 bits per heavy atom. The molecule has 0 fully saturated rings. The number of nitrogens with zero attached hydrogens (tertiary/aromatic N) is 3. The van der Waals surface area contributed by atoms with Gasteiger partial charge in [0.15, 0.2) is 12.5 Å². The zero-order chi connectivity index (χ0) is 25.8. The summed E-state index contributed by atoms with van der Waals surface area (Å²) >= 11 is 0. The smallest absolute Gasteiger partial charge is 0.253 e. The van der Waals surface area contributed by atoms with Crippen LogP contribution in [-0.2, 0) is 20.0 Å². The minimum atomic E-state index is -4.66. The predicted molar refractivity (Wildman–Crippen MR) is 130 cm³/mol. The lowest BCUT2D eigenvalue weighted by Crippen LogP contribution is -2.31. The second kappa shape index (κ2) is 10.5. The van der Waals surface area contributed by atoms with E-state index >= 15 is 0 Å². The summed E-state index contributed by atoms with van der Waals surface area (Å²) in [6, 6.07) is 6.96. The molecule has 3 rings (SSSR count). The van der Waals surface area contributed by atoms with Crippen molar-refractivity contribution in [1.29, 1.82) is 0 Å². The van der Waals surface area contributed by atoms with Gasteiger partial charge in [-0.15, -0.1) is 5.11 Å². The van der Waals surface area contributed by atoms with Crippen LogP contribution in [0.5, 0.6) is 0 Å². The maximum atomic E-state index is 12.9. The van der Waals surface area contributed by atoms with Gasteiger partial charge in [0.2, 0.25) is 20.0 Å². The van der Waals surface area contributed by atoms with Crippen molar-refractivity contribution in [2.24, 2.45) is 31.8 Å². The van der Waals surface area contributed by atoms with E-state index in [1.54, 1.807) is 0 Å². The van der Waals surface area contributed by atoms with Crippen LogP contribution in [0.4, 0.5) is 5.69 Å². The van der Waals surface area contributed by atoms with Gasteiger partial charge in [0, 0.05) is 31.7 Å². The fourth-order valence-corrected chi connectivity index (χ4v) is 6.06. The summed E-state index contributed by atoms with van der Waals surface area (Å²) in [5, 5.41) is 15.7. The van der Waals surface area contributed by atoms with Crippen molar-refractivity contribution in [3.05, 3.63) is 41.5 Å². The Bertz CT molecular complexity index is 1420. The standard InChI is InChI=1S/C19H25N9O5S2/c20-6-8-24-19(29)13-3-1-2-12(16(13)22)11-4-5-14(35(32,33)27-9-7-21)17(34(23,30)31)15(11)18-25-10-26-28-18/h1-5,27H,6-10,20-22H2,(H,24,29)(H2,23,30,31). The maximum Gasteiger partial charge on any atom is 0.253 e. The molecule has 0 atom stereocenters. The molecular weight excluding hydrogens is 498 g/mol. The zero-order valence-electron chi connectivity index (χ0n) is 18.4. The molecule has 0 saturated heterocycles. The summed E-state index contributed by atoms with van der Waals surface area (Å²) < 4.78 is 53.5. The number of aliphatic imine (C=N–C) groups is 1. The van der Waals surface area contributed by atoms with E-state index in [9.17, 15) is 21.6 Å². The van der Waals surface area contributed by atoms with Crippen LogP contribution in [0, 0.1) is 0 Å². The highest BCUT2D eigenvalue weighted by atomic mass is 32.2. The predicted octanol–water partition coefficient (Wildman–Crippen LogP) is -1.32. The van der Waals surface area contributed by atoms with Crippen molar-refractivity contribution in [2.45, 2.75) is 9.79 Å². The molecule has 35 heavy (non-hydrogen) atoms. The second-order valence-corrected chi connectivity index (χ2v) is 10.5. The van der Waals surface area contributed by atoms with E-state index in [-0.39, 0.29) is 66.6 Å². The Labute approximate surface area is 202 Å². The van der Waals surface area contributed by atoms with Gasteiger partial charge in [0.1, 0.15) is 9.79 Å². The number of carbonyl (C=O) groups is 1. The van der Waals surface area contributed by atoms with Crippen LogP contribution in [-0.4, -0.2) is 61.4 Å². The summed E-state index contributed by atoms with van der Waals surface area (Å²) in [5.74, 6) is -0.650. The molecule has 2 aromatic rings. The Hall–Kier alpha value is -3.28. The van der Waals surface area contributed by atoms with Crippen molar-refractivity contribution >= 4 is 37.5 Å². The lowest BCUT2D eigenvalue weighted by atomic mass is 9.95. The van der Waals surface area contributed by atoms with Crippen LogP contribution in [0.3, 0.4) is 0 Å². The Morgan fingerprint density at radius 1 is 1.00 bits per heavy atom. The largest absolute Gasteiger partial charge is 0.398 e. The molecule has 0 aliphatic carbocycles. The quantitative estimate of drug-likeness (QED) is 0.203. The van der Waals surface area contributed by atoms with Crippen LogP contribution in [0.1, 0.15) is 15.9 Å². The number of anilines is 1. The molecule has 1 aliphatic rings. The van der Waals surface area contributed by atoms with E-state index in [0.29, 0.717) is 0 Å². The molecule has 0 bridgehead atoms. The van der Waals surface area contributed by atoms with Crippen molar-refractivity contribution in [3.8, 4) is 11.1 Å². The highest BCUT2D eigenvalue weighted by Gasteiger charge is 2.33. The monoisotopic (exact) mass is 523 g/mol. The number of amidine groups is 1. The fraction of sp³-hybridized carbons (Fsp3) is 0.263. The third kappa shape index (κ3) is 5.53. The molecule has 188 valence electrons. The van der Waals surface area contributed by atoms with Gasteiger partial charge in [-0.1, -0.05) is 18.2 Å². The van der Waals surface area contributed by atoms with Gasteiger partial charge < -0.3 is 22.5 Å². The number of hydrogen-bond donors (Lipinski definition) is 6. The molecule has 0 unspecified atom stereocenters. The van der Waals surface area contributed by atoms with Gasteiger partial charge in [-0.05, 0) is 17.7 Å². The number of amides is 1. The van der Waals surface area contributed by atoms with E-state index < -0.39 is 35.7 Å². The molecule has 0 saturated carbocycles. The first kappa shape index (κ1) is 26.3. The number of benzene rings is 2. The van der Waals surface area contributed by atoms with E-state index in [1.807, 2.05) is 0 Å². The number of nitrogen functional groups attached to an aromatic ring is 1. The number of carbonyl (C=O) groups excluding carboxylic acids is 1. The molecule has 10 N–H and O–H groups in total. The van der Waals surface area contributed by atoms with E-state index in [2.05, 4.69) is 25.3 Å². The van der Waals surface area contributed by atoms with Gasteiger partial charge in [-0.2, -0.15) is 5.11 Å². The lowest BCUT2D eigenvalue weighted by molar-refractivity contribution is 0.0955. The van der Waals surface area contributed by atoms with Crippen LogP contribution in [0.2, 0.25) is 0 Å². The van der Waals surface area contributed by atoms with Crippen molar-refractivity contribution in [1.82, 2.24) is 10.0 Å². The summed E-state index contributed by atoms with van der Waals surface area (Å²) in [7, 11) is -9.01. The third-order valence-corrected chi connectivity index (χ3v) is 7.50. The summed E-state index contributed by atoms with van der Waals surface area (Å²) in [5.41, 5.74) is 17.4. The lowest BCUT2D eigenvalue weighted by Gasteiger charge is -2.19. The van der Waals surface area contributed by atoms with Crippen LogP contribution >= 0.6 is 0 Å². The Kier molecular flexibility index (Phi) is 7.93. The maximum absolute atomic E-state index is 12.9. The summed E-state index contributed by atoms with van der Waals surface area (Å²) in [6.45, 7) is 0.162. The topological polar surface area (TPSA) is 251 Å². The molecule has 16 heteroatoms. The van der Waals surface area contributed by atoms with Crippen molar-refractivity contribution in [2.75, 3.05) is 38.6 Å². The fourth-order valence-electron chi connectivity index (χ4n) is 3.41. The Morgan fingerprint density at radius 2 is 1.71 bits per heavy atom. The SMILES string of the molecule is NCCNC(=O)c1cccc(-c2ccc(S(=O)(=O)NCCN)c(S(N)(=O)=O)c2C2=NCN=N2)c1N. The third-order valence-electron chi connectivity index (χ3n) is 4.88. The number of primary sulfonamides is 1. The first-order valence-electron chi connectivity index (χ1n) is 10.2. The second-order valence-electron chi connectivity index (χ2n) is 7.22. The molecule has 1 aliphatic heterocycles. The number of nitrogens with one attached hydrogen (secondary N) is 2. The molecule has 14 nitrogen and oxygen atoms in total. The molecule has 0 radical (unpaired) electrons. The minimum Gasteiger partial charge on any atom is -0.398 e. The number of hydrogen-bond acceptors (Lipinski definition) is 11. The average molecular weight is 524 g/mol. The minimum absolute atomic E-state index is 0.0102. The summed E-state index contributed by atoms with van der Waals surface area (Å²) in [4.78, 5) is 15.3. The van der Waals surface area contributed by atoms with Gasteiger partial charge in [0.25, 0.3) is 5.91 Å². The molecule has 1 amide bonds. The number of sulfonamides is 2. The van der Waals surface area contributed by atoms with Gasteiger partial charge in [-0.25, -0.2) is 31.7 Å². The van der Waals surface area contributed by atoms with Gasteiger partial charge >= 0.3 is 0 Å². The van der Waals surface area contributed by atoms with Gasteiger partial charge in [-0.3, -0.25) is 4.79 Å². The van der Waals surface area contributed by atoms with Crippen LogP contribution < -0.4 is 32.4 Å². The molecule has 0 aromatic heterocycles. The van der Waals surface area contributed by atoms with Crippen molar-refractivity contribution < 1.29 is 21.6 Å². The van der Waals surface area contributed by atoms with Crippen LogP contribution in [0.15, 0.2) is 55.3 Å². The molecule has 2 aromatic carbocycles. The molecule has 1 heterocycles. The first-order valence-corrected chi connectivity index (χ1v) is 13.2. The summed E-state index contributed by atoms with van der Waals surface area (Å²) in [6.07, 6.45) is 0. The van der Waals surface area contributed by atoms with E-state index in [0.717, 1.165) is 6.07 Å². The number of nitrogens with two attached hydrogens (primary N) is 4. The average Bonchev–Trinajstić information content (AvgIpc) is 3.34. The highest BCUT2D eigenvalue weighted by Crippen LogP contribution is 2.38. The molecular formula is C19H25N9O5S2. The first-order chi connectivity index (χ1) is 16.5. The number of azo groups is 1. The van der Waals surface area contributed by atoms with Crippen LogP contribution in [0.25, 0.3) is 11.1 Å².